The van der Waals surface area contributed by atoms with Gasteiger partial charge in [-0.25, -0.2) is 5.26 Å². The van der Waals surface area contributed by atoms with Crippen LogP contribution >= 0.6 is 12.0 Å². The largest absolute Gasteiger partial charge is 0.321 e. The number of hydrogen-bond acceptors (Lipinski definition) is 4. The second-order valence-corrected chi connectivity index (χ2v) is 4.64. The van der Waals surface area contributed by atoms with Gasteiger partial charge in [-0.1, -0.05) is 24.8 Å². The zero-order chi connectivity index (χ0) is 10.6. The van der Waals surface area contributed by atoms with Gasteiger partial charge < -0.3 is 0 Å². The molecule has 1 aliphatic carbocycles. The first-order valence-electron chi connectivity index (χ1n) is 4.59. The Labute approximate surface area is 85.8 Å². The van der Waals surface area contributed by atoms with Crippen LogP contribution in [-0.4, -0.2) is 10.5 Å². The zero-order valence-electron chi connectivity index (χ0n) is 7.91. The minimum atomic E-state index is -2.99. The Morgan fingerprint density at radius 3 is 2.71 bits per heavy atom. The Morgan fingerprint density at radius 1 is 1.50 bits per heavy atom. The Kier molecular flexibility index (Phi) is 4.56. The van der Waals surface area contributed by atoms with Crippen LogP contribution in [0.2, 0.25) is 0 Å². The lowest BCUT2D eigenvalue weighted by Gasteiger charge is -2.20. The molecule has 0 aliphatic heterocycles. The molecule has 0 spiro atoms. The van der Waals surface area contributed by atoms with E-state index in [-0.39, 0.29) is 24.4 Å². The topological polar surface area (TPSA) is 38.7 Å². The molecule has 3 nitrogen and oxygen atoms in total. The van der Waals surface area contributed by atoms with Crippen molar-refractivity contribution in [1.29, 1.82) is 0 Å². The van der Waals surface area contributed by atoms with Crippen LogP contribution in [0.3, 0.4) is 0 Å². The SMILES string of the molecule is CC1CCCC1CC(F)(F)SOOO. The molecule has 84 valence electrons. The van der Waals surface area contributed by atoms with Gasteiger partial charge in [0.25, 0.3) is 0 Å². The summed E-state index contributed by atoms with van der Waals surface area (Å²) in [6, 6.07) is 0. The Balaban J connectivity index is 2.33. The molecule has 1 rings (SSSR count). The fraction of sp³-hybridized carbons (Fsp3) is 1.00. The van der Waals surface area contributed by atoms with Crippen molar-refractivity contribution in [3.8, 4) is 0 Å². The van der Waals surface area contributed by atoms with Gasteiger partial charge in [0.2, 0.25) is 0 Å². The van der Waals surface area contributed by atoms with Crippen LogP contribution in [-0.2, 0) is 9.37 Å². The highest BCUT2D eigenvalue weighted by Crippen LogP contribution is 2.43. The first-order valence-corrected chi connectivity index (χ1v) is 5.33. The molecule has 0 amide bonds. The van der Waals surface area contributed by atoms with Crippen molar-refractivity contribution in [2.75, 3.05) is 0 Å². The van der Waals surface area contributed by atoms with Crippen LogP contribution in [0.5, 0.6) is 0 Å². The molecule has 2 unspecified atom stereocenters. The molecule has 2 atom stereocenters. The normalized spacial score (nSPS) is 28.3. The fourth-order valence-electron chi connectivity index (χ4n) is 1.93. The van der Waals surface area contributed by atoms with Gasteiger partial charge >= 0.3 is 5.25 Å². The Hall–Kier alpha value is 0.0900. The molecule has 0 saturated heterocycles. The van der Waals surface area contributed by atoms with Crippen LogP contribution < -0.4 is 0 Å². The first-order chi connectivity index (χ1) is 6.55. The van der Waals surface area contributed by atoms with E-state index in [9.17, 15) is 8.78 Å². The van der Waals surface area contributed by atoms with E-state index < -0.39 is 5.25 Å². The highest BCUT2D eigenvalue weighted by molar-refractivity contribution is 7.95. The monoisotopic (exact) mass is 228 g/mol. The van der Waals surface area contributed by atoms with Gasteiger partial charge in [0.15, 0.2) is 0 Å². The smallest absolute Gasteiger partial charge is 0.220 e. The highest BCUT2D eigenvalue weighted by Gasteiger charge is 2.38. The molecule has 0 aromatic rings. The van der Waals surface area contributed by atoms with Crippen LogP contribution in [0.1, 0.15) is 32.6 Å². The molecule has 1 fully saturated rings. The number of rotatable bonds is 5. The van der Waals surface area contributed by atoms with Crippen LogP contribution in [0.15, 0.2) is 0 Å². The van der Waals surface area contributed by atoms with Crippen LogP contribution in [0.25, 0.3) is 0 Å². The van der Waals surface area contributed by atoms with E-state index in [1.165, 1.54) is 0 Å². The second kappa shape index (κ2) is 5.25. The molecule has 0 aromatic heterocycles. The van der Waals surface area contributed by atoms with Gasteiger partial charge in [0.05, 0.1) is 0 Å². The van der Waals surface area contributed by atoms with Crippen molar-refractivity contribution in [2.45, 2.75) is 37.9 Å². The average molecular weight is 228 g/mol. The predicted octanol–water partition coefficient (Wildman–Crippen LogP) is 3.47. The van der Waals surface area contributed by atoms with Crippen molar-refractivity contribution in [3.63, 3.8) is 0 Å². The summed E-state index contributed by atoms with van der Waals surface area (Å²) in [6.07, 6.45) is 2.66. The minimum absolute atomic E-state index is 0.0415. The third kappa shape index (κ3) is 3.68. The predicted molar refractivity (Wildman–Crippen MR) is 48.5 cm³/mol. The molecule has 0 bridgehead atoms. The molecule has 14 heavy (non-hydrogen) atoms. The van der Waals surface area contributed by atoms with E-state index in [1.54, 1.807) is 0 Å². The van der Waals surface area contributed by atoms with E-state index in [1.807, 2.05) is 6.92 Å². The van der Waals surface area contributed by atoms with Crippen LogP contribution in [0, 0.1) is 11.8 Å². The second-order valence-electron chi connectivity index (χ2n) is 3.74. The molecule has 1 N–H and O–H groups in total. The summed E-state index contributed by atoms with van der Waals surface area (Å²) in [5.41, 5.74) is 0. The summed E-state index contributed by atoms with van der Waals surface area (Å²) in [5, 5.41) is 7.92. The van der Waals surface area contributed by atoms with E-state index in [0.29, 0.717) is 5.92 Å². The third-order valence-corrected chi connectivity index (χ3v) is 3.26. The van der Waals surface area contributed by atoms with Gasteiger partial charge in [-0.3, -0.25) is 0 Å². The standard InChI is InChI=1S/C8H14F2O3S/c1-6-3-2-4-7(6)5-8(9,10)14-13-12-11/h6-7,11H,2-5H2,1H3. The summed E-state index contributed by atoms with van der Waals surface area (Å²) in [5.74, 6) is 0.385. The quantitative estimate of drug-likeness (QED) is 0.444. The van der Waals surface area contributed by atoms with Crippen molar-refractivity contribution in [3.05, 3.63) is 0 Å². The fourth-order valence-corrected chi connectivity index (χ4v) is 2.34. The Bertz CT molecular complexity index is 180. The zero-order valence-corrected chi connectivity index (χ0v) is 8.73. The van der Waals surface area contributed by atoms with Crippen molar-refractivity contribution in [1.82, 2.24) is 0 Å². The molecular weight excluding hydrogens is 214 g/mol. The highest BCUT2D eigenvalue weighted by atomic mass is 32.2. The maximum absolute atomic E-state index is 13.1. The molecular formula is C8H14F2O3S. The van der Waals surface area contributed by atoms with Gasteiger partial charge in [0, 0.05) is 6.42 Å². The van der Waals surface area contributed by atoms with E-state index in [2.05, 4.69) is 9.37 Å². The average Bonchev–Trinajstić information content (AvgIpc) is 2.48. The molecule has 1 saturated carbocycles. The molecule has 0 radical (unpaired) electrons. The van der Waals surface area contributed by atoms with Gasteiger partial charge in [-0.05, 0) is 18.3 Å². The van der Waals surface area contributed by atoms with E-state index in [4.69, 9.17) is 5.26 Å². The number of halogens is 2. The lowest BCUT2D eigenvalue weighted by Crippen LogP contribution is -2.19. The number of alkyl halides is 2. The first kappa shape index (κ1) is 12.2. The van der Waals surface area contributed by atoms with E-state index in [0.717, 1.165) is 19.3 Å². The summed E-state index contributed by atoms with van der Waals surface area (Å²) < 4.78 is 29.9. The molecule has 1 aliphatic rings. The summed E-state index contributed by atoms with van der Waals surface area (Å²) in [7, 11) is 0. The Morgan fingerprint density at radius 2 is 2.21 bits per heavy atom. The van der Waals surface area contributed by atoms with Crippen LogP contribution in [0.4, 0.5) is 8.78 Å². The summed E-state index contributed by atoms with van der Waals surface area (Å²) in [6.45, 7) is 1.99. The summed E-state index contributed by atoms with van der Waals surface area (Å²) >= 11 is -0.138. The van der Waals surface area contributed by atoms with Crippen molar-refractivity contribution in [2.24, 2.45) is 11.8 Å². The lowest BCUT2D eigenvalue weighted by atomic mass is 9.95. The third-order valence-electron chi connectivity index (χ3n) is 2.73. The number of hydrogen-bond donors (Lipinski definition) is 1. The molecule has 0 heterocycles. The van der Waals surface area contributed by atoms with Gasteiger partial charge in [0.1, 0.15) is 12.0 Å². The maximum atomic E-state index is 13.1. The maximum Gasteiger partial charge on any atom is 0.321 e. The minimum Gasteiger partial charge on any atom is -0.220 e. The lowest BCUT2D eigenvalue weighted by molar-refractivity contribution is -0.433. The molecule has 0 aromatic carbocycles. The van der Waals surface area contributed by atoms with Crippen molar-refractivity contribution >= 4 is 12.0 Å². The van der Waals surface area contributed by atoms with Gasteiger partial charge in [-0.15, -0.1) is 4.33 Å². The van der Waals surface area contributed by atoms with Crippen molar-refractivity contribution < 1.29 is 23.4 Å². The van der Waals surface area contributed by atoms with E-state index >= 15 is 0 Å². The van der Waals surface area contributed by atoms with Gasteiger partial charge in [-0.2, -0.15) is 8.78 Å². The molecule has 6 heteroatoms. The summed E-state index contributed by atoms with van der Waals surface area (Å²) in [4.78, 5) is 0.